The van der Waals surface area contributed by atoms with Crippen LogP contribution in [0.5, 0.6) is 11.5 Å². The first-order valence-corrected chi connectivity index (χ1v) is 11.2. The van der Waals surface area contributed by atoms with E-state index in [0.29, 0.717) is 53.6 Å². The van der Waals surface area contributed by atoms with E-state index in [2.05, 4.69) is 30.7 Å². The molecule has 0 unspecified atom stereocenters. The largest absolute Gasteiger partial charge is 0.493 e. The molecule has 0 saturated heterocycles. The van der Waals surface area contributed by atoms with Crippen LogP contribution in [0, 0.1) is 10.7 Å². The maximum Gasteiger partial charge on any atom is 0.262 e. The average Bonchev–Trinajstić information content (AvgIpc) is 2.80. The smallest absolute Gasteiger partial charge is 0.262 e. The van der Waals surface area contributed by atoms with Gasteiger partial charge in [-0.2, -0.15) is 0 Å². The van der Waals surface area contributed by atoms with E-state index in [0.717, 1.165) is 12.0 Å². The molecule has 0 aliphatic carbocycles. The number of nitrogens with zero attached hydrogens (tertiary/aromatic N) is 1. The zero-order valence-corrected chi connectivity index (χ0v) is 20.0. The van der Waals surface area contributed by atoms with E-state index in [1.54, 1.807) is 31.4 Å². The van der Waals surface area contributed by atoms with Gasteiger partial charge in [-0.3, -0.25) is 14.2 Å². The van der Waals surface area contributed by atoms with Crippen LogP contribution in [0.1, 0.15) is 36.2 Å². The summed E-state index contributed by atoms with van der Waals surface area (Å²) < 4.78 is 13.0. The van der Waals surface area contributed by atoms with Crippen LogP contribution in [0.15, 0.2) is 53.8 Å². The SMILES string of the molecule is C=CCn1c(=S)[nH]c2cc(C(=O)NCc3ccc(OCCC(C)C)c(OC)c3)ccc2c1=O. The van der Waals surface area contributed by atoms with E-state index in [-0.39, 0.29) is 16.2 Å². The first-order valence-electron chi connectivity index (χ1n) is 10.8. The minimum Gasteiger partial charge on any atom is -0.493 e. The molecule has 3 aromatic rings. The van der Waals surface area contributed by atoms with Crippen LogP contribution in [-0.4, -0.2) is 29.2 Å². The molecule has 1 heterocycles. The Bertz CT molecular complexity index is 1280. The minimum absolute atomic E-state index is 0.219. The van der Waals surface area contributed by atoms with Gasteiger partial charge in [0.05, 0.1) is 24.6 Å². The average molecular weight is 468 g/mol. The third kappa shape index (κ3) is 5.90. The number of aromatic nitrogens is 2. The van der Waals surface area contributed by atoms with Crippen molar-refractivity contribution < 1.29 is 14.3 Å². The Balaban J connectivity index is 1.72. The normalized spacial score (nSPS) is 10.9. The van der Waals surface area contributed by atoms with Gasteiger partial charge in [0.25, 0.3) is 11.5 Å². The summed E-state index contributed by atoms with van der Waals surface area (Å²) in [7, 11) is 1.59. The number of benzene rings is 2. The Labute approximate surface area is 198 Å². The molecule has 33 heavy (non-hydrogen) atoms. The summed E-state index contributed by atoms with van der Waals surface area (Å²) in [5, 5.41) is 3.36. The Morgan fingerprint density at radius 2 is 2.03 bits per heavy atom. The van der Waals surface area contributed by atoms with Crippen LogP contribution in [-0.2, 0) is 13.1 Å². The van der Waals surface area contributed by atoms with Gasteiger partial charge < -0.3 is 19.8 Å². The first-order chi connectivity index (χ1) is 15.8. The summed E-state index contributed by atoms with van der Waals surface area (Å²) in [5.74, 6) is 1.60. The van der Waals surface area contributed by atoms with Crippen molar-refractivity contribution in [2.24, 2.45) is 5.92 Å². The number of aromatic amines is 1. The fourth-order valence-corrected chi connectivity index (χ4v) is 3.59. The number of rotatable bonds is 10. The summed E-state index contributed by atoms with van der Waals surface area (Å²) in [6.07, 6.45) is 2.57. The van der Waals surface area contributed by atoms with Gasteiger partial charge in [-0.1, -0.05) is 26.0 Å². The number of allylic oxidation sites excluding steroid dienone is 1. The number of hydrogen-bond acceptors (Lipinski definition) is 5. The fourth-order valence-electron chi connectivity index (χ4n) is 3.32. The van der Waals surface area contributed by atoms with Crippen LogP contribution in [0.25, 0.3) is 10.9 Å². The maximum absolute atomic E-state index is 12.7. The second-order valence-electron chi connectivity index (χ2n) is 8.09. The van der Waals surface area contributed by atoms with Crippen LogP contribution in [0.4, 0.5) is 0 Å². The van der Waals surface area contributed by atoms with Crippen LogP contribution < -0.4 is 20.3 Å². The van der Waals surface area contributed by atoms with Crippen molar-refractivity contribution in [3.8, 4) is 11.5 Å². The number of amides is 1. The zero-order chi connectivity index (χ0) is 24.0. The number of carbonyl (C=O) groups is 1. The number of methoxy groups -OCH3 is 1. The Morgan fingerprint density at radius 3 is 2.73 bits per heavy atom. The summed E-state index contributed by atoms with van der Waals surface area (Å²) in [4.78, 5) is 28.4. The third-order valence-corrected chi connectivity index (χ3v) is 5.51. The van der Waals surface area contributed by atoms with Crippen LogP contribution >= 0.6 is 12.2 Å². The second-order valence-corrected chi connectivity index (χ2v) is 8.48. The van der Waals surface area contributed by atoms with Gasteiger partial charge in [0, 0.05) is 18.7 Å². The molecule has 0 spiro atoms. The molecule has 1 aromatic heterocycles. The molecule has 0 aliphatic rings. The fraction of sp³-hybridized carbons (Fsp3) is 0.320. The number of ether oxygens (including phenoxy) is 2. The van der Waals surface area contributed by atoms with Crippen molar-refractivity contribution in [1.29, 1.82) is 0 Å². The maximum atomic E-state index is 12.7. The second kappa shape index (κ2) is 11.0. The standard InChI is InChI=1S/C25H29N3O4S/c1-5-11-28-24(30)19-8-7-18(14-20(19)27-25(28)33)23(29)26-15-17-6-9-21(22(13-17)31-4)32-12-10-16(2)3/h5-9,13-14,16H,1,10-12,15H2,2-4H3,(H,26,29)(H,27,33). The zero-order valence-electron chi connectivity index (χ0n) is 19.1. The van der Waals surface area contributed by atoms with Gasteiger partial charge in [-0.15, -0.1) is 6.58 Å². The lowest BCUT2D eigenvalue weighted by Gasteiger charge is -2.13. The number of fused-ring (bicyclic) bond motifs is 1. The van der Waals surface area contributed by atoms with Gasteiger partial charge in [-0.25, -0.2) is 0 Å². The molecule has 0 radical (unpaired) electrons. The van der Waals surface area contributed by atoms with E-state index < -0.39 is 0 Å². The summed E-state index contributed by atoms with van der Waals surface area (Å²) in [6.45, 7) is 9.19. The van der Waals surface area contributed by atoms with Crippen molar-refractivity contribution in [2.75, 3.05) is 13.7 Å². The predicted octanol–water partition coefficient (Wildman–Crippen LogP) is 4.61. The molecule has 8 heteroatoms. The molecular weight excluding hydrogens is 438 g/mol. The quantitative estimate of drug-likeness (QED) is 0.336. The summed E-state index contributed by atoms with van der Waals surface area (Å²) in [5.41, 5.74) is 1.60. The lowest BCUT2D eigenvalue weighted by Crippen LogP contribution is -2.24. The minimum atomic E-state index is -0.261. The first kappa shape index (κ1) is 24.3. The number of H-pyrrole nitrogens is 1. The van der Waals surface area contributed by atoms with Gasteiger partial charge in [0.15, 0.2) is 16.3 Å². The van der Waals surface area contributed by atoms with Crippen LogP contribution in [0.3, 0.4) is 0 Å². The van der Waals surface area contributed by atoms with E-state index >= 15 is 0 Å². The Hall–Kier alpha value is -3.39. The molecule has 0 aliphatic heterocycles. The molecule has 0 atom stereocenters. The van der Waals surface area contributed by atoms with Crippen molar-refractivity contribution in [3.63, 3.8) is 0 Å². The number of hydrogen-bond donors (Lipinski definition) is 2. The third-order valence-electron chi connectivity index (χ3n) is 5.19. The Morgan fingerprint density at radius 1 is 1.24 bits per heavy atom. The lowest BCUT2D eigenvalue weighted by molar-refractivity contribution is 0.0951. The summed E-state index contributed by atoms with van der Waals surface area (Å²) >= 11 is 5.27. The Kier molecular flexibility index (Phi) is 8.06. The van der Waals surface area contributed by atoms with Gasteiger partial charge in [0.2, 0.25) is 0 Å². The number of nitrogens with one attached hydrogen (secondary N) is 2. The van der Waals surface area contributed by atoms with E-state index in [1.807, 2.05) is 18.2 Å². The van der Waals surface area contributed by atoms with Crippen LogP contribution in [0.2, 0.25) is 0 Å². The van der Waals surface area contributed by atoms with Crippen molar-refractivity contribution in [3.05, 3.63) is 75.3 Å². The molecule has 0 fully saturated rings. The lowest BCUT2D eigenvalue weighted by atomic mass is 10.1. The van der Waals surface area contributed by atoms with E-state index in [9.17, 15) is 9.59 Å². The van der Waals surface area contributed by atoms with Gasteiger partial charge in [0.1, 0.15) is 0 Å². The molecule has 0 saturated carbocycles. The highest BCUT2D eigenvalue weighted by Gasteiger charge is 2.11. The van der Waals surface area contributed by atoms with E-state index in [4.69, 9.17) is 21.7 Å². The van der Waals surface area contributed by atoms with Gasteiger partial charge >= 0.3 is 0 Å². The monoisotopic (exact) mass is 467 g/mol. The molecule has 174 valence electrons. The van der Waals surface area contributed by atoms with Gasteiger partial charge in [-0.05, 0) is 60.5 Å². The van der Waals surface area contributed by atoms with Crippen molar-refractivity contribution in [1.82, 2.24) is 14.9 Å². The molecule has 0 bridgehead atoms. The highest BCUT2D eigenvalue weighted by atomic mass is 32.1. The molecule has 3 rings (SSSR count). The van der Waals surface area contributed by atoms with Crippen molar-refractivity contribution >= 4 is 29.0 Å². The molecule has 2 aromatic carbocycles. The molecule has 1 amide bonds. The highest BCUT2D eigenvalue weighted by Crippen LogP contribution is 2.28. The van der Waals surface area contributed by atoms with E-state index in [1.165, 1.54) is 4.57 Å². The molecular formula is C25H29N3O4S. The summed E-state index contributed by atoms with van der Waals surface area (Å²) in [6, 6.07) is 10.5. The number of carbonyl (C=O) groups excluding carboxylic acids is 1. The molecule has 2 N–H and O–H groups in total. The van der Waals surface area contributed by atoms with Crippen molar-refractivity contribution in [2.45, 2.75) is 33.4 Å². The topological polar surface area (TPSA) is 85.3 Å². The predicted molar refractivity (Wildman–Crippen MR) is 133 cm³/mol. The highest BCUT2D eigenvalue weighted by molar-refractivity contribution is 7.71. The molecule has 7 nitrogen and oxygen atoms in total.